The number of ketones is 1. The molecule has 7 heteroatoms. The van der Waals surface area contributed by atoms with Gasteiger partial charge in [-0.2, -0.15) is 4.31 Å². The summed E-state index contributed by atoms with van der Waals surface area (Å²) in [6.45, 7) is 8.01. The summed E-state index contributed by atoms with van der Waals surface area (Å²) < 4.78 is 29.2. The molecule has 0 atom stereocenters. The van der Waals surface area contributed by atoms with Gasteiger partial charge in [0.2, 0.25) is 10.0 Å². The Bertz CT molecular complexity index is 928. The second-order valence-corrected chi connectivity index (χ2v) is 8.47. The van der Waals surface area contributed by atoms with Gasteiger partial charge >= 0.3 is 0 Å². The second kappa shape index (κ2) is 7.17. The number of hydrogen-bond donors (Lipinski definition) is 0. The molecule has 1 aliphatic carbocycles. The summed E-state index contributed by atoms with van der Waals surface area (Å²) in [6, 6.07) is 4.81. The molecule has 0 spiro atoms. The van der Waals surface area contributed by atoms with Crippen molar-refractivity contribution in [2.75, 3.05) is 6.54 Å². The number of aromatic nitrogens is 2. The lowest BCUT2D eigenvalue weighted by atomic mass is 10.1. The highest BCUT2D eigenvalue weighted by Crippen LogP contribution is 2.32. The van der Waals surface area contributed by atoms with E-state index in [1.807, 2.05) is 24.5 Å². The minimum absolute atomic E-state index is 0.110. The quantitative estimate of drug-likeness (QED) is 0.527. The van der Waals surface area contributed by atoms with Crippen molar-refractivity contribution in [3.05, 3.63) is 60.2 Å². The van der Waals surface area contributed by atoms with Crippen molar-refractivity contribution in [3.63, 3.8) is 0 Å². The molecule has 2 aromatic heterocycles. The van der Waals surface area contributed by atoms with Gasteiger partial charge in [0.15, 0.2) is 5.78 Å². The van der Waals surface area contributed by atoms with Crippen LogP contribution in [0.4, 0.5) is 0 Å². The molecule has 0 unspecified atom stereocenters. The van der Waals surface area contributed by atoms with Gasteiger partial charge in [-0.05, 0) is 44.9 Å². The number of carbonyl (C=O) groups is 1. The van der Waals surface area contributed by atoms with Gasteiger partial charge in [0.1, 0.15) is 4.90 Å². The van der Waals surface area contributed by atoms with Crippen LogP contribution in [0.2, 0.25) is 0 Å². The smallest absolute Gasteiger partial charge is 0.245 e. The van der Waals surface area contributed by atoms with Gasteiger partial charge < -0.3 is 4.57 Å². The van der Waals surface area contributed by atoms with E-state index in [-0.39, 0.29) is 23.3 Å². The Kier molecular flexibility index (Phi) is 5.11. The number of rotatable bonds is 8. The first kappa shape index (κ1) is 18.5. The molecule has 0 bridgehead atoms. The van der Waals surface area contributed by atoms with Gasteiger partial charge in [0.05, 0.1) is 6.54 Å². The average molecular weight is 373 g/mol. The number of allylic oxidation sites excluding steroid dienone is 1. The minimum Gasteiger partial charge on any atom is -0.345 e. The fourth-order valence-corrected chi connectivity index (χ4v) is 4.73. The predicted molar refractivity (Wildman–Crippen MR) is 99.6 cm³/mol. The van der Waals surface area contributed by atoms with Crippen LogP contribution < -0.4 is 0 Å². The summed E-state index contributed by atoms with van der Waals surface area (Å²) >= 11 is 0. The average Bonchev–Trinajstić information content (AvgIpc) is 3.42. The maximum atomic E-state index is 13.0. The molecule has 0 saturated heterocycles. The molecule has 138 valence electrons. The van der Waals surface area contributed by atoms with E-state index in [0.29, 0.717) is 12.1 Å². The van der Waals surface area contributed by atoms with Crippen LogP contribution in [0, 0.1) is 13.8 Å². The van der Waals surface area contributed by atoms with Crippen LogP contribution in [0.15, 0.2) is 48.1 Å². The molecule has 1 aliphatic rings. The summed E-state index contributed by atoms with van der Waals surface area (Å²) in [7, 11) is -3.74. The van der Waals surface area contributed by atoms with Crippen molar-refractivity contribution in [2.24, 2.45) is 0 Å². The number of aryl methyl sites for hydroxylation is 1. The lowest BCUT2D eigenvalue weighted by Gasteiger charge is -2.21. The molecule has 3 rings (SSSR count). The minimum atomic E-state index is -3.74. The van der Waals surface area contributed by atoms with Crippen LogP contribution in [0.3, 0.4) is 0 Å². The third-order valence-corrected chi connectivity index (χ3v) is 6.56. The molecular weight excluding hydrogens is 350 g/mol. The van der Waals surface area contributed by atoms with Crippen LogP contribution in [-0.4, -0.2) is 40.6 Å². The van der Waals surface area contributed by atoms with Crippen molar-refractivity contribution >= 4 is 15.8 Å². The van der Waals surface area contributed by atoms with Gasteiger partial charge in [0, 0.05) is 41.9 Å². The molecular formula is C19H23N3O3S. The maximum absolute atomic E-state index is 13.0. The lowest BCUT2D eigenvalue weighted by Crippen LogP contribution is -2.37. The summed E-state index contributed by atoms with van der Waals surface area (Å²) in [5, 5.41) is 0. The monoisotopic (exact) mass is 373 g/mol. The Morgan fingerprint density at radius 3 is 2.73 bits per heavy atom. The Labute approximate surface area is 154 Å². The maximum Gasteiger partial charge on any atom is 0.245 e. The molecule has 2 aromatic rings. The molecule has 1 saturated carbocycles. The zero-order valence-corrected chi connectivity index (χ0v) is 15.9. The Morgan fingerprint density at radius 1 is 1.42 bits per heavy atom. The number of nitrogens with zero attached hydrogens (tertiary/aromatic N) is 3. The molecule has 0 N–H and O–H groups in total. The van der Waals surface area contributed by atoms with Crippen LogP contribution in [-0.2, 0) is 16.6 Å². The van der Waals surface area contributed by atoms with E-state index in [0.717, 1.165) is 24.2 Å². The van der Waals surface area contributed by atoms with E-state index < -0.39 is 10.0 Å². The third-order valence-electron chi connectivity index (χ3n) is 4.68. The van der Waals surface area contributed by atoms with Gasteiger partial charge in [-0.1, -0.05) is 6.08 Å². The Hall–Kier alpha value is -2.25. The van der Waals surface area contributed by atoms with Crippen LogP contribution in [0.5, 0.6) is 0 Å². The summed E-state index contributed by atoms with van der Waals surface area (Å²) in [4.78, 5) is 16.9. The highest BCUT2D eigenvalue weighted by Gasteiger charge is 2.39. The fourth-order valence-electron chi connectivity index (χ4n) is 3.13. The molecule has 0 radical (unpaired) electrons. The molecule has 26 heavy (non-hydrogen) atoms. The molecule has 0 amide bonds. The third kappa shape index (κ3) is 3.50. The van der Waals surface area contributed by atoms with E-state index in [4.69, 9.17) is 0 Å². The number of carbonyl (C=O) groups excluding carboxylic acids is 1. The van der Waals surface area contributed by atoms with Crippen LogP contribution in [0.25, 0.3) is 0 Å². The first-order valence-electron chi connectivity index (χ1n) is 8.59. The standard InChI is InChI=1S/C19H23N3O3S/c1-4-10-21-14(2)11-18(15(21)3)19(23)13-22(16-7-8-16)26(24,25)17-6-5-9-20-12-17/h4-6,9,11-12,16H,1,7-8,10,13H2,2-3H3. The van der Waals surface area contributed by atoms with Crippen molar-refractivity contribution in [3.8, 4) is 0 Å². The topological polar surface area (TPSA) is 72.3 Å². The highest BCUT2D eigenvalue weighted by atomic mass is 32.2. The SMILES string of the molecule is C=CCn1c(C)cc(C(=O)CN(C2CC2)S(=O)(=O)c2cccnc2)c1C. The molecule has 6 nitrogen and oxygen atoms in total. The van der Waals surface area contributed by atoms with Gasteiger partial charge in [-0.3, -0.25) is 9.78 Å². The molecule has 1 fully saturated rings. The lowest BCUT2D eigenvalue weighted by molar-refractivity contribution is 0.0963. The van der Waals surface area contributed by atoms with Crippen molar-refractivity contribution in [2.45, 2.75) is 44.2 Å². The number of pyridine rings is 1. The van der Waals surface area contributed by atoms with Crippen molar-refractivity contribution in [1.29, 1.82) is 0 Å². The Morgan fingerprint density at radius 2 is 2.15 bits per heavy atom. The summed E-state index contributed by atoms with van der Waals surface area (Å²) in [5.74, 6) is -0.187. The fraction of sp³-hybridized carbons (Fsp3) is 0.368. The van der Waals surface area contributed by atoms with Gasteiger partial charge in [0.25, 0.3) is 0 Å². The van der Waals surface area contributed by atoms with Gasteiger partial charge in [-0.25, -0.2) is 8.42 Å². The molecule has 2 heterocycles. The zero-order valence-electron chi connectivity index (χ0n) is 15.1. The highest BCUT2D eigenvalue weighted by molar-refractivity contribution is 7.89. The van der Waals surface area contributed by atoms with E-state index in [1.165, 1.54) is 22.8 Å². The largest absolute Gasteiger partial charge is 0.345 e. The second-order valence-electron chi connectivity index (χ2n) is 6.58. The summed E-state index contributed by atoms with van der Waals surface area (Å²) in [5.41, 5.74) is 2.36. The van der Waals surface area contributed by atoms with E-state index in [1.54, 1.807) is 12.1 Å². The number of sulfonamides is 1. The first-order valence-corrected chi connectivity index (χ1v) is 10.0. The van der Waals surface area contributed by atoms with Crippen molar-refractivity contribution < 1.29 is 13.2 Å². The zero-order chi connectivity index (χ0) is 18.9. The number of Topliss-reactive ketones (excluding diaryl/α,β-unsaturated/α-hetero) is 1. The number of hydrogen-bond acceptors (Lipinski definition) is 4. The van der Waals surface area contributed by atoms with E-state index >= 15 is 0 Å². The normalized spacial score (nSPS) is 14.6. The van der Waals surface area contributed by atoms with E-state index in [9.17, 15) is 13.2 Å². The van der Waals surface area contributed by atoms with Crippen LogP contribution in [0.1, 0.15) is 34.6 Å². The van der Waals surface area contributed by atoms with Crippen molar-refractivity contribution in [1.82, 2.24) is 13.9 Å². The molecule has 0 aromatic carbocycles. The Balaban J connectivity index is 1.89. The van der Waals surface area contributed by atoms with Gasteiger partial charge in [-0.15, -0.1) is 6.58 Å². The predicted octanol–water partition coefficient (Wildman–Crippen LogP) is 2.72. The first-order chi connectivity index (χ1) is 12.4. The van der Waals surface area contributed by atoms with Crippen LogP contribution >= 0.6 is 0 Å². The van der Waals surface area contributed by atoms with E-state index in [2.05, 4.69) is 11.6 Å². The summed E-state index contributed by atoms with van der Waals surface area (Å²) in [6.07, 6.45) is 6.19. The molecule has 0 aliphatic heterocycles.